The SMILES string of the molecule is CN(C)CCn1cnc2ccc(-c3cc(Nc4ccc(C(=O)O)cc4)nc(N4CCOCC4)n3)cc21. The number of ether oxygens (including phenoxy) is 1. The van der Waals surface area contributed by atoms with E-state index in [-0.39, 0.29) is 5.56 Å². The third-order valence-electron chi connectivity index (χ3n) is 6.12. The van der Waals surface area contributed by atoms with Crippen LogP contribution in [0.1, 0.15) is 10.4 Å². The summed E-state index contributed by atoms with van der Waals surface area (Å²) in [5, 5.41) is 12.5. The minimum absolute atomic E-state index is 0.233. The van der Waals surface area contributed by atoms with Gasteiger partial charge in [-0.3, -0.25) is 0 Å². The van der Waals surface area contributed by atoms with Crippen molar-refractivity contribution in [1.29, 1.82) is 0 Å². The number of carboxylic acid groups (broad SMARTS) is 1. The molecule has 0 atom stereocenters. The van der Waals surface area contributed by atoms with Gasteiger partial charge in [-0.1, -0.05) is 6.07 Å². The van der Waals surface area contributed by atoms with Crippen molar-refractivity contribution in [1.82, 2.24) is 24.4 Å². The van der Waals surface area contributed by atoms with Gasteiger partial charge in [0.25, 0.3) is 0 Å². The van der Waals surface area contributed by atoms with E-state index >= 15 is 0 Å². The lowest BCUT2D eigenvalue weighted by Crippen LogP contribution is -2.37. The van der Waals surface area contributed by atoms with Gasteiger partial charge in [-0.05, 0) is 50.5 Å². The lowest BCUT2D eigenvalue weighted by atomic mass is 10.1. The number of nitrogens with one attached hydrogen (secondary N) is 1. The van der Waals surface area contributed by atoms with Gasteiger partial charge in [0.1, 0.15) is 5.82 Å². The number of imidazole rings is 1. The van der Waals surface area contributed by atoms with Gasteiger partial charge in [0.15, 0.2) is 0 Å². The molecule has 10 nitrogen and oxygen atoms in total. The van der Waals surface area contributed by atoms with Gasteiger partial charge in [-0.25, -0.2) is 14.8 Å². The number of nitrogens with zero attached hydrogens (tertiary/aromatic N) is 6. The summed E-state index contributed by atoms with van der Waals surface area (Å²) in [6.07, 6.45) is 1.88. The first kappa shape index (κ1) is 23.7. The van der Waals surface area contributed by atoms with E-state index in [9.17, 15) is 9.90 Å². The zero-order valence-corrected chi connectivity index (χ0v) is 20.4. The van der Waals surface area contributed by atoms with Crippen LogP contribution in [0.25, 0.3) is 22.3 Å². The Balaban J connectivity index is 1.51. The van der Waals surface area contributed by atoms with Crippen molar-refractivity contribution >= 4 is 34.5 Å². The standard InChI is InChI=1S/C26H29N7O3/c1-31(2)9-10-33-17-27-21-8-5-19(15-23(21)33)22-16-24(28-20-6-3-18(4-7-20)25(34)35)30-26(29-22)32-11-13-36-14-12-32/h3-8,15-17H,9-14H2,1-2H3,(H,34,35)(H,28,29,30). The fourth-order valence-corrected chi connectivity index (χ4v) is 4.10. The molecule has 2 aromatic carbocycles. The second-order valence-corrected chi connectivity index (χ2v) is 8.99. The number of carbonyl (C=O) groups is 1. The molecule has 1 fully saturated rings. The molecule has 10 heteroatoms. The van der Waals surface area contributed by atoms with Gasteiger partial charge in [0.2, 0.25) is 5.95 Å². The first-order valence-electron chi connectivity index (χ1n) is 11.9. The maximum atomic E-state index is 11.2. The van der Waals surface area contributed by atoms with Crippen LogP contribution < -0.4 is 10.2 Å². The molecule has 1 aliphatic rings. The van der Waals surface area contributed by atoms with E-state index in [1.54, 1.807) is 24.3 Å². The number of aromatic nitrogens is 4. The molecule has 2 aromatic heterocycles. The van der Waals surface area contributed by atoms with Crippen molar-refractivity contribution in [3.63, 3.8) is 0 Å². The van der Waals surface area contributed by atoms with E-state index in [2.05, 4.69) is 44.8 Å². The molecule has 0 unspecified atom stereocenters. The number of aromatic carboxylic acids is 1. The van der Waals surface area contributed by atoms with E-state index in [0.29, 0.717) is 38.1 Å². The zero-order chi connectivity index (χ0) is 25.1. The zero-order valence-electron chi connectivity index (χ0n) is 20.4. The second-order valence-electron chi connectivity index (χ2n) is 8.99. The van der Waals surface area contributed by atoms with Crippen LogP contribution in [0.3, 0.4) is 0 Å². The Morgan fingerprint density at radius 2 is 1.86 bits per heavy atom. The summed E-state index contributed by atoms with van der Waals surface area (Å²) in [5.41, 5.74) is 4.73. The molecule has 0 radical (unpaired) electrons. The highest BCUT2D eigenvalue weighted by molar-refractivity contribution is 5.88. The second kappa shape index (κ2) is 10.3. The molecular formula is C26H29N7O3. The highest BCUT2D eigenvalue weighted by Crippen LogP contribution is 2.28. The van der Waals surface area contributed by atoms with E-state index in [1.165, 1.54) is 0 Å². The molecule has 0 spiro atoms. The number of rotatable bonds is 8. The molecule has 5 rings (SSSR count). The quantitative estimate of drug-likeness (QED) is 0.387. The Hall–Kier alpha value is -4.02. The summed E-state index contributed by atoms with van der Waals surface area (Å²) < 4.78 is 7.67. The molecule has 0 saturated carbocycles. The van der Waals surface area contributed by atoms with Crippen molar-refractivity contribution in [3.8, 4) is 11.3 Å². The topological polar surface area (TPSA) is 109 Å². The monoisotopic (exact) mass is 487 g/mol. The van der Waals surface area contributed by atoms with Crippen molar-refractivity contribution in [2.75, 3.05) is 57.2 Å². The largest absolute Gasteiger partial charge is 0.478 e. The van der Waals surface area contributed by atoms with Crippen LogP contribution in [0.2, 0.25) is 0 Å². The molecule has 186 valence electrons. The maximum absolute atomic E-state index is 11.2. The Morgan fingerprint density at radius 1 is 1.08 bits per heavy atom. The van der Waals surface area contributed by atoms with Gasteiger partial charge in [0, 0.05) is 43.5 Å². The van der Waals surface area contributed by atoms with Crippen LogP contribution in [0.15, 0.2) is 54.9 Å². The van der Waals surface area contributed by atoms with Crippen molar-refractivity contribution < 1.29 is 14.6 Å². The fourth-order valence-electron chi connectivity index (χ4n) is 4.10. The molecule has 2 N–H and O–H groups in total. The van der Waals surface area contributed by atoms with Gasteiger partial charge < -0.3 is 29.5 Å². The highest BCUT2D eigenvalue weighted by atomic mass is 16.5. The van der Waals surface area contributed by atoms with E-state index in [4.69, 9.17) is 14.7 Å². The first-order chi connectivity index (χ1) is 17.5. The summed E-state index contributed by atoms with van der Waals surface area (Å²) >= 11 is 0. The molecule has 3 heterocycles. The average molecular weight is 488 g/mol. The number of benzene rings is 2. The lowest BCUT2D eigenvalue weighted by molar-refractivity contribution is 0.0697. The molecule has 0 aliphatic carbocycles. The molecule has 4 aromatic rings. The number of likely N-dealkylation sites (N-methyl/N-ethyl adjacent to an activating group) is 1. The average Bonchev–Trinajstić information content (AvgIpc) is 3.30. The van der Waals surface area contributed by atoms with Crippen molar-refractivity contribution in [3.05, 3.63) is 60.4 Å². The number of anilines is 3. The van der Waals surface area contributed by atoms with E-state index < -0.39 is 5.97 Å². The Morgan fingerprint density at radius 3 is 2.58 bits per heavy atom. The summed E-state index contributed by atoms with van der Waals surface area (Å²) in [5.74, 6) is 0.299. The summed E-state index contributed by atoms with van der Waals surface area (Å²) in [6.45, 7) is 4.45. The Bertz CT molecular complexity index is 1360. The van der Waals surface area contributed by atoms with Crippen LogP contribution in [0, 0.1) is 0 Å². The summed E-state index contributed by atoms with van der Waals surface area (Å²) in [7, 11) is 4.12. The number of hydrogen-bond donors (Lipinski definition) is 2. The Kier molecular flexibility index (Phi) is 6.79. The van der Waals surface area contributed by atoms with Gasteiger partial charge >= 0.3 is 5.97 Å². The van der Waals surface area contributed by atoms with Gasteiger partial charge in [-0.2, -0.15) is 4.98 Å². The van der Waals surface area contributed by atoms with Crippen LogP contribution in [0.5, 0.6) is 0 Å². The number of fused-ring (bicyclic) bond motifs is 1. The number of hydrogen-bond acceptors (Lipinski definition) is 8. The molecule has 36 heavy (non-hydrogen) atoms. The molecule has 0 amide bonds. The van der Waals surface area contributed by atoms with Crippen molar-refractivity contribution in [2.24, 2.45) is 0 Å². The molecule has 1 aliphatic heterocycles. The molecule has 1 saturated heterocycles. The van der Waals surface area contributed by atoms with Crippen molar-refractivity contribution in [2.45, 2.75) is 6.54 Å². The normalized spacial score (nSPS) is 13.9. The van der Waals surface area contributed by atoms with Crippen LogP contribution in [0.4, 0.5) is 17.5 Å². The molecule has 0 bridgehead atoms. The summed E-state index contributed by atoms with van der Waals surface area (Å²) in [4.78, 5) is 29.7. The molecular weight excluding hydrogens is 458 g/mol. The fraction of sp³-hybridized carbons (Fsp3) is 0.308. The van der Waals surface area contributed by atoms with Crippen LogP contribution >= 0.6 is 0 Å². The third kappa shape index (κ3) is 5.29. The lowest BCUT2D eigenvalue weighted by Gasteiger charge is -2.27. The minimum atomic E-state index is -0.958. The predicted octanol–water partition coefficient (Wildman–Crippen LogP) is 3.33. The minimum Gasteiger partial charge on any atom is -0.478 e. The van der Waals surface area contributed by atoms with Gasteiger partial charge in [0.05, 0.1) is 41.8 Å². The number of morpholine rings is 1. The highest BCUT2D eigenvalue weighted by Gasteiger charge is 2.17. The third-order valence-corrected chi connectivity index (χ3v) is 6.12. The van der Waals surface area contributed by atoms with Gasteiger partial charge in [-0.15, -0.1) is 0 Å². The predicted molar refractivity (Wildman–Crippen MR) is 139 cm³/mol. The first-order valence-corrected chi connectivity index (χ1v) is 11.9. The van der Waals surface area contributed by atoms with Crippen LogP contribution in [-0.2, 0) is 11.3 Å². The van der Waals surface area contributed by atoms with E-state index in [0.717, 1.165) is 41.1 Å². The van der Waals surface area contributed by atoms with Crippen LogP contribution in [-0.4, -0.2) is 82.4 Å². The maximum Gasteiger partial charge on any atom is 0.335 e. The number of carboxylic acids is 1. The Labute approximate surface area is 209 Å². The van der Waals surface area contributed by atoms with E-state index in [1.807, 2.05) is 24.5 Å². The smallest absolute Gasteiger partial charge is 0.335 e. The summed E-state index contributed by atoms with van der Waals surface area (Å²) in [6, 6.07) is 14.7.